The zero-order valence-electron chi connectivity index (χ0n) is 14.2. The zero-order valence-corrected chi connectivity index (χ0v) is 14.9. The largest absolute Gasteiger partial charge is 0.482 e. The molecule has 0 radical (unpaired) electrons. The monoisotopic (exact) mass is 411 g/mol. The third-order valence-corrected chi connectivity index (χ3v) is 3.61. The molecule has 1 amide bonds. The maximum Gasteiger partial charge on any atom is 0.422 e. The van der Waals surface area contributed by atoms with Crippen LogP contribution in [0.2, 0.25) is 5.02 Å². The summed E-state index contributed by atoms with van der Waals surface area (Å²) in [5, 5.41) is 14.7. The highest BCUT2D eigenvalue weighted by atomic mass is 35.5. The first-order chi connectivity index (χ1) is 13.3. The molecule has 11 heteroatoms. The number of halogens is 4. The van der Waals surface area contributed by atoms with E-state index in [9.17, 15) is 18.0 Å². The van der Waals surface area contributed by atoms with Gasteiger partial charge in [0.2, 0.25) is 11.7 Å². The second kappa shape index (κ2) is 8.26. The highest BCUT2D eigenvalue weighted by Gasteiger charge is 2.28. The second-order valence-corrected chi connectivity index (χ2v) is 6.04. The SMILES string of the molecule is O=C(Cn1nnc(-c2cccc(Cl)c2)n1)Nc1ccccc1OCC(F)(F)F. The van der Waals surface area contributed by atoms with Crippen LogP contribution in [0.1, 0.15) is 0 Å². The van der Waals surface area contributed by atoms with E-state index in [-0.39, 0.29) is 23.8 Å². The molecule has 0 bridgehead atoms. The number of ether oxygens (including phenoxy) is 1. The molecule has 1 N–H and O–H groups in total. The molecule has 28 heavy (non-hydrogen) atoms. The van der Waals surface area contributed by atoms with Gasteiger partial charge in [-0.2, -0.15) is 18.0 Å². The van der Waals surface area contributed by atoms with Crippen molar-refractivity contribution in [3.8, 4) is 17.1 Å². The average Bonchev–Trinajstić information content (AvgIpc) is 3.08. The van der Waals surface area contributed by atoms with Crippen LogP contribution >= 0.6 is 11.6 Å². The molecule has 7 nitrogen and oxygen atoms in total. The molecule has 1 aromatic heterocycles. The Bertz CT molecular complexity index is 977. The lowest BCUT2D eigenvalue weighted by atomic mass is 10.2. The van der Waals surface area contributed by atoms with Gasteiger partial charge in [0, 0.05) is 10.6 Å². The van der Waals surface area contributed by atoms with Gasteiger partial charge in [-0.3, -0.25) is 4.79 Å². The number of alkyl halides is 3. The molecule has 0 aliphatic heterocycles. The number of rotatable bonds is 6. The van der Waals surface area contributed by atoms with Crippen LogP contribution in [-0.2, 0) is 11.3 Å². The quantitative estimate of drug-likeness (QED) is 0.670. The van der Waals surface area contributed by atoms with Crippen molar-refractivity contribution in [3.63, 3.8) is 0 Å². The van der Waals surface area contributed by atoms with Gasteiger partial charge in [-0.15, -0.1) is 10.2 Å². The zero-order chi connectivity index (χ0) is 20.1. The summed E-state index contributed by atoms with van der Waals surface area (Å²) in [6, 6.07) is 12.6. The van der Waals surface area contributed by atoms with Crippen LogP contribution < -0.4 is 10.1 Å². The summed E-state index contributed by atoms with van der Waals surface area (Å²) in [6.07, 6.45) is -4.49. The minimum absolute atomic E-state index is 0.0978. The minimum Gasteiger partial charge on any atom is -0.482 e. The summed E-state index contributed by atoms with van der Waals surface area (Å²) in [4.78, 5) is 13.3. The Balaban J connectivity index is 1.65. The summed E-state index contributed by atoms with van der Waals surface area (Å²) in [5.41, 5.74) is 0.733. The minimum atomic E-state index is -4.49. The van der Waals surface area contributed by atoms with Crippen LogP contribution in [0.25, 0.3) is 11.4 Å². The number of anilines is 1. The first-order valence-electron chi connectivity index (χ1n) is 7.92. The van der Waals surface area contributed by atoms with E-state index in [1.165, 1.54) is 18.2 Å². The topological polar surface area (TPSA) is 81.9 Å². The van der Waals surface area contributed by atoms with Crippen molar-refractivity contribution < 1.29 is 22.7 Å². The van der Waals surface area contributed by atoms with E-state index in [1.807, 2.05) is 0 Å². The van der Waals surface area contributed by atoms with Crippen molar-refractivity contribution in [1.82, 2.24) is 20.2 Å². The van der Waals surface area contributed by atoms with Crippen LogP contribution in [0.15, 0.2) is 48.5 Å². The lowest BCUT2D eigenvalue weighted by Crippen LogP contribution is -2.22. The molecule has 0 spiro atoms. The lowest BCUT2D eigenvalue weighted by Gasteiger charge is -2.13. The van der Waals surface area contributed by atoms with Crippen molar-refractivity contribution in [2.24, 2.45) is 0 Å². The molecule has 0 aliphatic carbocycles. The number of amides is 1. The number of aromatic nitrogens is 4. The fourth-order valence-corrected chi connectivity index (χ4v) is 2.42. The van der Waals surface area contributed by atoms with Crippen LogP contribution in [0.3, 0.4) is 0 Å². The maximum atomic E-state index is 12.3. The van der Waals surface area contributed by atoms with E-state index < -0.39 is 18.7 Å². The summed E-state index contributed by atoms with van der Waals surface area (Å²) in [5.74, 6) is -0.373. The van der Waals surface area contributed by atoms with Crippen molar-refractivity contribution in [2.45, 2.75) is 12.7 Å². The number of nitrogens with one attached hydrogen (secondary N) is 1. The number of nitrogens with zero attached hydrogens (tertiary/aromatic N) is 4. The van der Waals surface area contributed by atoms with Gasteiger partial charge in [0.25, 0.3) is 0 Å². The predicted molar refractivity (Wildman–Crippen MR) is 94.9 cm³/mol. The molecule has 3 aromatic rings. The van der Waals surface area contributed by atoms with Crippen molar-refractivity contribution in [2.75, 3.05) is 11.9 Å². The third kappa shape index (κ3) is 5.43. The molecule has 3 rings (SSSR count). The summed E-state index contributed by atoms with van der Waals surface area (Å²) >= 11 is 5.92. The Morgan fingerprint density at radius 1 is 1.18 bits per heavy atom. The number of benzene rings is 2. The van der Waals surface area contributed by atoms with Crippen LogP contribution in [0.4, 0.5) is 18.9 Å². The van der Waals surface area contributed by atoms with Gasteiger partial charge in [0.15, 0.2) is 6.61 Å². The number of carbonyl (C=O) groups is 1. The molecule has 0 saturated carbocycles. The number of hydrogen-bond donors (Lipinski definition) is 1. The second-order valence-electron chi connectivity index (χ2n) is 5.60. The van der Waals surface area contributed by atoms with Crippen LogP contribution in [0, 0.1) is 0 Å². The van der Waals surface area contributed by atoms with Gasteiger partial charge in [0.05, 0.1) is 5.69 Å². The number of hydrogen-bond acceptors (Lipinski definition) is 5. The molecular weight excluding hydrogens is 399 g/mol. The summed E-state index contributed by atoms with van der Waals surface area (Å²) in [6.45, 7) is -1.76. The Morgan fingerprint density at radius 3 is 2.71 bits per heavy atom. The fourth-order valence-electron chi connectivity index (χ4n) is 2.23. The first-order valence-corrected chi connectivity index (χ1v) is 8.30. The molecule has 0 aliphatic rings. The van der Waals surface area contributed by atoms with Gasteiger partial charge >= 0.3 is 6.18 Å². The van der Waals surface area contributed by atoms with Crippen molar-refractivity contribution in [3.05, 3.63) is 53.6 Å². The molecule has 146 valence electrons. The van der Waals surface area contributed by atoms with Crippen molar-refractivity contribution >= 4 is 23.2 Å². The van der Waals surface area contributed by atoms with E-state index in [4.69, 9.17) is 16.3 Å². The summed E-state index contributed by atoms with van der Waals surface area (Å²) < 4.78 is 41.8. The Kier molecular flexibility index (Phi) is 5.78. The standard InChI is InChI=1S/C17H13ClF3N5O2/c18-12-5-3-4-11(8-12)16-23-25-26(24-16)9-15(27)22-13-6-1-2-7-14(13)28-10-17(19,20)21/h1-8H,9-10H2,(H,22,27). The normalized spacial score (nSPS) is 11.3. The molecule has 0 saturated heterocycles. The fraction of sp³-hybridized carbons (Fsp3) is 0.176. The Hall–Kier alpha value is -3.14. The highest BCUT2D eigenvalue weighted by Crippen LogP contribution is 2.26. The smallest absolute Gasteiger partial charge is 0.422 e. The number of tetrazole rings is 1. The predicted octanol–water partition coefficient (Wildman–Crippen LogP) is 3.57. The van der Waals surface area contributed by atoms with Gasteiger partial charge in [-0.05, 0) is 29.5 Å². The van der Waals surface area contributed by atoms with Crippen LogP contribution in [0.5, 0.6) is 5.75 Å². The van der Waals surface area contributed by atoms with Crippen LogP contribution in [-0.4, -0.2) is 38.9 Å². The van der Waals surface area contributed by atoms with E-state index >= 15 is 0 Å². The molecule has 0 unspecified atom stereocenters. The highest BCUT2D eigenvalue weighted by molar-refractivity contribution is 6.30. The third-order valence-electron chi connectivity index (χ3n) is 3.37. The Labute approximate surface area is 162 Å². The molecule has 0 fully saturated rings. The number of carbonyl (C=O) groups excluding carboxylic acids is 1. The molecular formula is C17H13ClF3N5O2. The van der Waals surface area contributed by atoms with E-state index in [2.05, 4.69) is 20.7 Å². The Morgan fingerprint density at radius 2 is 1.96 bits per heavy atom. The molecule has 2 aromatic carbocycles. The molecule has 1 heterocycles. The number of para-hydroxylation sites is 2. The van der Waals surface area contributed by atoms with Gasteiger partial charge in [-0.1, -0.05) is 35.9 Å². The molecule has 0 atom stereocenters. The average molecular weight is 412 g/mol. The van der Waals surface area contributed by atoms with E-state index in [1.54, 1.807) is 30.3 Å². The van der Waals surface area contributed by atoms with E-state index in [0.717, 1.165) is 4.80 Å². The van der Waals surface area contributed by atoms with Gasteiger partial charge in [-0.25, -0.2) is 0 Å². The first kappa shape index (κ1) is 19.6. The van der Waals surface area contributed by atoms with Crippen molar-refractivity contribution in [1.29, 1.82) is 0 Å². The lowest BCUT2D eigenvalue weighted by molar-refractivity contribution is -0.153. The summed E-state index contributed by atoms with van der Waals surface area (Å²) in [7, 11) is 0. The van der Waals surface area contributed by atoms with Gasteiger partial charge < -0.3 is 10.1 Å². The maximum absolute atomic E-state index is 12.3. The van der Waals surface area contributed by atoms with Gasteiger partial charge in [0.1, 0.15) is 12.3 Å². The van der Waals surface area contributed by atoms with E-state index in [0.29, 0.717) is 10.6 Å².